The largest absolute Gasteiger partial charge is 0.493 e. The Morgan fingerprint density at radius 3 is 2.56 bits per heavy atom. The van der Waals surface area contributed by atoms with Gasteiger partial charge in [0.15, 0.2) is 0 Å². The lowest BCUT2D eigenvalue weighted by atomic mass is 10.1. The van der Waals surface area contributed by atoms with Crippen molar-refractivity contribution in [2.24, 2.45) is 0 Å². The smallest absolute Gasteiger partial charge is 0.275 e. The molecule has 3 N–H and O–H groups in total. The highest BCUT2D eigenvalue weighted by Crippen LogP contribution is 2.22. The third-order valence-corrected chi connectivity index (χ3v) is 4.98. The maximum absolute atomic E-state index is 12.3. The first-order valence-electron chi connectivity index (χ1n) is 10.1. The van der Waals surface area contributed by atoms with Gasteiger partial charge in [-0.1, -0.05) is 35.4 Å². The van der Waals surface area contributed by atoms with Gasteiger partial charge in [0.1, 0.15) is 11.3 Å². The van der Waals surface area contributed by atoms with Crippen molar-refractivity contribution < 1.29 is 14.3 Å². The number of aromatic nitrogens is 1. The summed E-state index contributed by atoms with van der Waals surface area (Å²) in [5.41, 5.74) is 7.37. The zero-order valence-electron chi connectivity index (χ0n) is 17.8. The number of hydrazine groups is 1. The lowest BCUT2D eigenvalue weighted by molar-refractivity contribution is -0.122. The summed E-state index contributed by atoms with van der Waals surface area (Å²) in [5.74, 6) is -0.373. The van der Waals surface area contributed by atoms with Gasteiger partial charge in [-0.05, 0) is 67.8 Å². The predicted molar refractivity (Wildman–Crippen MR) is 124 cm³/mol. The lowest BCUT2D eigenvalue weighted by Gasteiger charge is -2.10. The van der Waals surface area contributed by atoms with Crippen molar-refractivity contribution in [2.45, 2.75) is 26.7 Å². The van der Waals surface area contributed by atoms with Crippen LogP contribution >= 0.6 is 11.6 Å². The van der Waals surface area contributed by atoms with Crippen LogP contribution in [0.1, 0.15) is 34.3 Å². The third kappa shape index (κ3) is 6.21. The molecule has 32 heavy (non-hydrogen) atoms. The Hall–Kier alpha value is -3.58. The number of pyridine rings is 1. The maximum Gasteiger partial charge on any atom is 0.275 e. The molecule has 8 heteroatoms. The van der Waals surface area contributed by atoms with Gasteiger partial charge >= 0.3 is 0 Å². The number of nitrogens with one attached hydrogen (secondary N) is 3. The molecule has 2 amide bonds. The average molecular weight is 454 g/mol. The van der Waals surface area contributed by atoms with Gasteiger partial charge in [-0.15, -0.1) is 0 Å². The Kier molecular flexibility index (Phi) is 7.68. The summed E-state index contributed by atoms with van der Waals surface area (Å²) in [6.07, 6.45) is 0.602. The highest BCUT2D eigenvalue weighted by Gasteiger charge is 2.13. The number of hydrogen-bond donors (Lipinski definition) is 3. The molecule has 7 nitrogen and oxygen atoms in total. The Balaban J connectivity index is 1.46. The number of carbonyl (C=O) groups excluding carboxylic acids is 2. The van der Waals surface area contributed by atoms with E-state index in [4.69, 9.17) is 16.3 Å². The monoisotopic (exact) mass is 453 g/mol. The van der Waals surface area contributed by atoms with Crippen LogP contribution in [-0.2, 0) is 4.79 Å². The minimum Gasteiger partial charge on any atom is -0.493 e. The van der Waals surface area contributed by atoms with Crippen molar-refractivity contribution in [1.82, 2.24) is 15.8 Å². The number of aromatic amines is 1. The molecule has 0 aliphatic carbocycles. The summed E-state index contributed by atoms with van der Waals surface area (Å²) in [7, 11) is 0. The number of rotatable bonds is 7. The Morgan fingerprint density at radius 2 is 1.84 bits per heavy atom. The minimum absolute atomic E-state index is 0.0942. The molecular formula is C24H24ClN3O4. The minimum atomic E-state index is -0.691. The summed E-state index contributed by atoms with van der Waals surface area (Å²) in [4.78, 5) is 39.3. The molecule has 0 spiro atoms. The average Bonchev–Trinajstić information content (AvgIpc) is 2.76. The fourth-order valence-electron chi connectivity index (χ4n) is 3.08. The van der Waals surface area contributed by atoms with Gasteiger partial charge in [-0.2, -0.15) is 0 Å². The molecule has 0 radical (unpaired) electrons. The molecular weight excluding hydrogens is 430 g/mol. The van der Waals surface area contributed by atoms with E-state index in [0.717, 1.165) is 16.7 Å². The van der Waals surface area contributed by atoms with Crippen LogP contribution in [0.5, 0.6) is 5.75 Å². The fourth-order valence-corrected chi connectivity index (χ4v) is 3.31. The number of ether oxygens (including phenoxy) is 1. The van der Waals surface area contributed by atoms with Crippen LogP contribution in [0.2, 0.25) is 5.02 Å². The quantitative estimate of drug-likeness (QED) is 0.372. The molecule has 0 unspecified atom stereocenters. The van der Waals surface area contributed by atoms with Gasteiger partial charge in [0.2, 0.25) is 5.91 Å². The zero-order chi connectivity index (χ0) is 23.1. The molecule has 0 bridgehead atoms. The summed E-state index contributed by atoms with van der Waals surface area (Å²) in [6.45, 7) is 4.18. The van der Waals surface area contributed by atoms with Gasteiger partial charge in [-0.25, -0.2) is 0 Å². The van der Waals surface area contributed by atoms with Crippen molar-refractivity contribution in [3.05, 3.63) is 86.7 Å². The summed E-state index contributed by atoms with van der Waals surface area (Å²) in [5, 5.41) is 0.633. The second kappa shape index (κ2) is 10.6. The molecule has 0 saturated heterocycles. The van der Waals surface area contributed by atoms with Gasteiger partial charge in [0.25, 0.3) is 11.5 Å². The van der Waals surface area contributed by atoms with Gasteiger partial charge in [-0.3, -0.25) is 25.2 Å². The fraction of sp³-hybridized carbons (Fsp3) is 0.208. The van der Waals surface area contributed by atoms with E-state index >= 15 is 0 Å². The van der Waals surface area contributed by atoms with E-state index in [1.54, 1.807) is 24.3 Å². The molecule has 166 valence electrons. The summed E-state index contributed by atoms with van der Waals surface area (Å²) in [6, 6.07) is 16.1. The van der Waals surface area contributed by atoms with Crippen molar-refractivity contribution in [2.75, 3.05) is 6.61 Å². The van der Waals surface area contributed by atoms with Crippen molar-refractivity contribution in [3.63, 3.8) is 0 Å². The van der Waals surface area contributed by atoms with E-state index in [0.29, 0.717) is 29.5 Å². The van der Waals surface area contributed by atoms with E-state index < -0.39 is 11.5 Å². The summed E-state index contributed by atoms with van der Waals surface area (Å²) >= 11 is 5.91. The molecule has 3 aromatic rings. The van der Waals surface area contributed by atoms with Crippen LogP contribution in [0.4, 0.5) is 0 Å². The Bertz CT molecular complexity index is 1190. The lowest BCUT2D eigenvalue weighted by Crippen LogP contribution is -2.43. The normalized spacial score (nSPS) is 10.5. The molecule has 1 heterocycles. The standard InChI is InChI=1S/C24H24ClN3O4/c1-15-5-3-6-17(13-15)20-10-9-19(23(30)26-20)24(31)28-27-22(29)7-4-12-32-21-11-8-18(25)14-16(21)2/h3,5-6,8-11,13-14H,4,7,12H2,1-2H3,(H,26,30)(H,27,29)(H,28,31). The van der Waals surface area contributed by atoms with Crippen molar-refractivity contribution >= 4 is 23.4 Å². The molecule has 0 saturated carbocycles. The van der Waals surface area contributed by atoms with Gasteiger partial charge < -0.3 is 9.72 Å². The van der Waals surface area contributed by atoms with E-state index in [1.165, 1.54) is 6.07 Å². The zero-order valence-corrected chi connectivity index (χ0v) is 18.6. The number of halogens is 1. The van der Waals surface area contributed by atoms with Gasteiger partial charge in [0, 0.05) is 17.1 Å². The van der Waals surface area contributed by atoms with E-state index in [2.05, 4.69) is 15.8 Å². The van der Waals surface area contributed by atoms with Crippen LogP contribution in [0.15, 0.2) is 59.4 Å². The highest BCUT2D eigenvalue weighted by molar-refractivity contribution is 6.30. The van der Waals surface area contributed by atoms with Crippen LogP contribution in [0.25, 0.3) is 11.3 Å². The third-order valence-electron chi connectivity index (χ3n) is 4.74. The number of H-pyrrole nitrogens is 1. The first-order valence-corrected chi connectivity index (χ1v) is 10.5. The second-order valence-corrected chi connectivity index (χ2v) is 7.78. The Morgan fingerprint density at radius 1 is 1.03 bits per heavy atom. The highest BCUT2D eigenvalue weighted by atomic mass is 35.5. The maximum atomic E-state index is 12.3. The number of aryl methyl sites for hydroxylation is 2. The number of benzene rings is 2. The van der Waals surface area contributed by atoms with E-state index in [9.17, 15) is 14.4 Å². The first kappa shape index (κ1) is 23.1. The molecule has 0 aliphatic heterocycles. The topological polar surface area (TPSA) is 100 Å². The molecule has 0 aliphatic rings. The first-order chi connectivity index (χ1) is 15.3. The van der Waals surface area contributed by atoms with Crippen molar-refractivity contribution in [3.8, 4) is 17.0 Å². The number of amides is 2. The van der Waals surface area contributed by atoms with Crippen LogP contribution in [0.3, 0.4) is 0 Å². The SMILES string of the molecule is Cc1cccc(-c2ccc(C(=O)NNC(=O)CCCOc3ccc(Cl)cc3C)c(=O)[nH]2)c1. The van der Waals surface area contributed by atoms with E-state index in [-0.39, 0.29) is 17.9 Å². The van der Waals surface area contributed by atoms with Crippen molar-refractivity contribution in [1.29, 1.82) is 0 Å². The number of hydrogen-bond acceptors (Lipinski definition) is 4. The molecule has 0 fully saturated rings. The summed E-state index contributed by atoms with van der Waals surface area (Å²) < 4.78 is 5.64. The Labute approximate surface area is 190 Å². The molecule has 3 rings (SSSR count). The van der Waals surface area contributed by atoms with Crippen LogP contribution in [0, 0.1) is 13.8 Å². The molecule has 1 aromatic heterocycles. The molecule has 2 aromatic carbocycles. The van der Waals surface area contributed by atoms with Crippen LogP contribution in [-0.4, -0.2) is 23.4 Å². The predicted octanol–water partition coefficient (Wildman–Crippen LogP) is 3.93. The van der Waals surface area contributed by atoms with Gasteiger partial charge in [0.05, 0.1) is 6.61 Å². The second-order valence-electron chi connectivity index (χ2n) is 7.35. The van der Waals surface area contributed by atoms with E-state index in [1.807, 2.05) is 38.1 Å². The molecule has 0 atom stereocenters. The van der Waals surface area contributed by atoms with Crippen LogP contribution < -0.4 is 21.1 Å². The number of carbonyl (C=O) groups is 2.